The molecule has 0 radical (unpaired) electrons. The van der Waals surface area contributed by atoms with Gasteiger partial charge in [-0.2, -0.15) is 15.3 Å². The molecule has 0 atom stereocenters. The molecular formula is C27H24BrN11O3S. The van der Waals surface area contributed by atoms with E-state index < -0.39 is 10.0 Å². The molecule has 3 N–H and O–H groups in total. The van der Waals surface area contributed by atoms with Crippen LogP contribution in [-0.4, -0.2) is 58.0 Å². The lowest BCUT2D eigenvalue weighted by Gasteiger charge is -2.20. The highest BCUT2D eigenvalue weighted by Gasteiger charge is 2.25. The lowest BCUT2D eigenvalue weighted by atomic mass is 10.0. The Hall–Kier alpha value is -5.01. The molecule has 6 rings (SSSR count). The highest BCUT2D eigenvalue weighted by molar-refractivity contribution is 9.10. The Kier molecular flexibility index (Phi) is 7.20. The van der Waals surface area contributed by atoms with Gasteiger partial charge in [-0.25, -0.2) is 13.4 Å². The SMILES string of the molecule is COc1cc2c(cc1Nc1ncc(Br)c(Nc3ccc4nccnc4c3NS(C)(=O)=O)n1)-c1cnn(C)c1CCN2C#N. The summed E-state index contributed by atoms with van der Waals surface area (Å²) in [5.74, 6) is 1.08. The molecule has 2 aromatic carbocycles. The first-order valence-corrected chi connectivity index (χ1v) is 15.5. The fourth-order valence-electron chi connectivity index (χ4n) is 4.89. The molecule has 0 unspecified atom stereocenters. The summed E-state index contributed by atoms with van der Waals surface area (Å²) >= 11 is 3.48. The highest BCUT2D eigenvalue weighted by Crippen LogP contribution is 2.43. The average molecular weight is 663 g/mol. The van der Waals surface area contributed by atoms with E-state index in [0.717, 1.165) is 23.1 Å². The largest absolute Gasteiger partial charge is 0.494 e. The van der Waals surface area contributed by atoms with Crippen LogP contribution in [0.1, 0.15) is 5.69 Å². The van der Waals surface area contributed by atoms with Gasteiger partial charge in [0.05, 0.1) is 52.3 Å². The van der Waals surface area contributed by atoms with Crippen molar-refractivity contribution in [3.8, 4) is 23.1 Å². The maximum atomic E-state index is 12.2. The summed E-state index contributed by atoms with van der Waals surface area (Å²) < 4.78 is 35.0. The summed E-state index contributed by atoms with van der Waals surface area (Å²) in [7, 11) is -0.217. The number of aryl methyl sites for hydroxylation is 1. The first-order chi connectivity index (χ1) is 20.6. The second-order valence-corrected chi connectivity index (χ2v) is 12.2. The van der Waals surface area contributed by atoms with Crippen LogP contribution >= 0.6 is 15.9 Å². The molecule has 16 heteroatoms. The highest BCUT2D eigenvalue weighted by atomic mass is 79.9. The molecule has 1 aliphatic heterocycles. The van der Waals surface area contributed by atoms with Gasteiger partial charge in [0.2, 0.25) is 16.0 Å². The molecule has 3 aromatic heterocycles. The molecule has 0 saturated carbocycles. The Labute approximate surface area is 254 Å². The fraction of sp³-hybridized carbons (Fsp3) is 0.185. The van der Waals surface area contributed by atoms with Crippen LogP contribution in [0.15, 0.2) is 53.5 Å². The standard InChI is InChI=1S/C27H24BrN11O3S/c1-38-21-6-9-39(14-29)22-11-23(42-2)20(10-15(22)16(21)12-33-38)35-27-32-13-17(28)26(36-27)34-19-5-4-18-24(31-8-7-30-18)25(19)37-43(3,40)41/h4-5,7-8,10-13,37H,6,9H2,1-3H3,(H2,32,34,35,36). The van der Waals surface area contributed by atoms with E-state index in [9.17, 15) is 13.7 Å². The number of ether oxygens (including phenoxy) is 1. The van der Waals surface area contributed by atoms with Gasteiger partial charge < -0.3 is 15.4 Å². The minimum Gasteiger partial charge on any atom is -0.494 e. The van der Waals surface area contributed by atoms with Crippen LogP contribution in [0.5, 0.6) is 5.75 Å². The predicted molar refractivity (Wildman–Crippen MR) is 166 cm³/mol. The minimum absolute atomic E-state index is 0.231. The second-order valence-electron chi connectivity index (χ2n) is 9.63. The molecule has 0 amide bonds. The lowest BCUT2D eigenvalue weighted by Crippen LogP contribution is -2.19. The van der Waals surface area contributed by atoms with E-state index in [1.807, 2.05) is 17.8 Å². The zero-order chi connectivity index (χ0) is 30.3. The summed E-state index contributed by atoms with van der Waals surface area (Å²) in [5.41, 5.74) is 5.57. The number of halogens is 1. The van der Waals surface area contributed by atoms with Crippen LogP contribution in [0.4, 0.5) is 34.5 Å². The first-order valence-electron chi connectivity index (χ1n) is 12.8. The number of fused-ring (bicyclic) bond motifs is 4. The smallest absolute Gasteiger partial charge is 0.229 e. The van der Waals surface area contributed by atoms with Gasteiger partial charge in [0.1, 0.15) is 17.1 Å². The number of benzene rings is 2. The Bertz CT molecular complexity index is 2040. The molecule has 0 fully saturated rings. The molecule has 218 valence electrons. The van der Waals surface area contributed by atoms with E-state index in [1.54, 1.807) is 42.6 Å². The second kappa shape index (κ2) is 11.0. The van der Waals surface area contributed by atoms with Gasteiger partial charge in [0, 0.05) is 61.5 Å². The van der Waals surface area contributed by atoms with Crippen LogP contribution in [0.3, 0.4) is 0 Å². The normalized spacial score (nSPS) is 12.6. The van der Waals surface area contributed by atoms with Crippen molar-refractivity contribution in [1.82, 2.24) is 29.7 Å². The molecule has 43 heavy (non-hydrogen) atoms. The van der Waals surface area contributed by atoms with Gasteiger partial charge in [-0.15, -0.1) is 0 Å². The van der Waals surface area contributed by atoms with Crippen LogP contribution in [0, 0.1) is 11.5 Å². The monoisotopic (exact) mass is 661 g/mol. The van der Waals surface area contributed by atoms with Crippen LogP contribution < -0.4 is 25.0 Å². The number of sulfonamides is 1. The molecule has 4 heterocycles. The number of nitrogens with zero attached hydrogens (tertiary/aromatic N) is 8. The zero-order valence-electron chi connectivity index (χ0n) is 23.1. The van der Waals surface area contributed by atoms with E-state index >= 15 is 0 Å². The Balaban J connectivity index is 1.39. The Morgan fingerprint density at radius 2 is 1.88 bits per heavy atom. The van der Waals surface area contributed by atoms with Crippen LogP contribution in [-0.2, 0) is 23.5 Å². The topological polar surface area (TPSA) is 176 Å². The first kappa shape index (κ1) is 28.1. The molecule has 0 saturated heterocycles. The predicted octanol–water partition coefficient (Wildman–Crippen LogP) is 4.29. The van der Waals surface area contributed by atoms with Gasteiger partial charge in [0.15, 0.2) is 6.19 Å². The van der Waals surface area contributed by atoms with E-state index in [1.165, 1.54) is 12.4 Å². The number of aromatic nitrogens is 6. The maximum absolute atomic E-state index is 12.2. The van der Waals surface area contributed by atoms with Crippen molar-refractivity contribution in [2.75, 3.05) is 40.2 Å². The maximum Gasteiger partial charge on any atom is 0.229 e. The lowest BCUT2D eigenvalue weighted by molar-refractivity contribution is 0.417. The van der Waals surface area contributed by atoms with Gasteiger partial charge in [0.25, 0.3) is 0 Å². The number of nitrogens with one attached hydrogen (secondary N) is 3. The number of rotatable bonds is 7. The number of anilines is 6. The third-order valence-corrected chi connectivity index (χ3v) is 7.98. The quantitative estimate of drug-likeness (QED) is 0.211. The summed E-state index contributed by atoms with van der Waals surface area (Å²) in [4.78, 5) is 19.3. The Morgan fingerprint density at radius 3 is 2.65 bits per heavy atom. The van der Waals surface area contributed by atoms with Gasteiger partial charge in [-0.1, -0.05) is 0 Å². The van der Waals surface area contributed by atoms with Gasteiger partial charge in [-0.3, -0.25) is 24.3 Å². The van der Waals surface area contributed by atoms with E-state index in [2.05, 4.69) is 62.5 Å². The minimum atomic E-state index is -3.64. The molecule has 0 bridgehead atoms. The number of hydrogen-bond donors (Lipinski definition) is 3. The van der Waals surface area contributed by atoms with Crippen molar-refractivity contribution in [1.29, 1.82) is 5.26 Å². The summed E-state index contributed by atoms with van der Waals surface area (Å²) in [6.45, 7) is 0.507. The molecule has 1 aliphatic rings. The van der Waals surface area contributed by atoms with Crippen molar-refractivity contribution < 1.29 is 13.2 Å². The van der Waals surface area contributed by atoms with Gasteiger partial charge in [-0.05, 0) is 34.1 Å². The van der Waals surface area contributed by atoms with E-state index in [-0.39, 0.29) is 11.6 Å². The van der Waals surface area contributed by atoms with Crippen molar-refractivity contribution in [3.05, 3.63) is 59.2 Å². The van der Waals surface area contributed by atoms with E-state index in [4.69, 9.17) is 4.74 Å². The third kappa shape index (κ3) is 5.47. The molecule has 14 nitrogen and oxygen atoms in total. The number of nitriles is 1. The third-order valence-electron chi connectivity index (χ3n) is 6.82. The summed E-state index contributed by atoms with van der Waals surface area (Å²) in [6.07, 6.45) is 10.4. The molecule has 0 spiro atoms. The summed E-state index contributed by atoms with van der Waals surface area (Å²) in [6, 6.07) is 7.11. The zero-order valence-corrected chi connectivity index (χ0v) is 25.5. The van der Waals surface area contributed by atoms with Crippen molar-refractivity contribution in [2.24, 2.45) is 7.05 Å². The summed E-state index contributed by atoms with van der Waals surface area (Å²) in [5, 5.41) is 20.7. The van der Waals surface area contributed by atoms with Crippen LogP contribution in [0.2, 0.25) is 0 Å². The molecule has 5 aromatic rings. The molecular weight excluding hydrogens is 638 g/mol. The fourth-order valence-corrected chi connectivity index (χ4v) is 5.76. The van der Waals surface area contributed by atoms with Crippen LogP contribution in [0.25, 0.3) is 22.2 Å². The van der Waals surface area contributed by atoms with Gasteiger partial charge >= 0.3 is 0 Å². The molecule has 0 aliphatic carbocycles. The number of methoxy groups -OCH3 is 1. The van der Waals surface area contributed by atoms with Crippen molar-refractivity contribution in [2.45, 2.75) is 6.42 Å². The van der Waals surface area contributed by atoms with E-state index in [0.29, 0.717) is 57.1 Å². The van der Waals surface area contributed by atoms with Crippen molar-refractivity contribution >= 4 is 71.5 Å². The number of hydrogen-bond acceptors (Lipinski definition) is 12. The van der Waals surface area contributed by atoms with Crippen molar-refractivity contribution in [3.63, 3.8) is 0 Å². The Morgan fingerprint density at radius 1 is 1.07 bits per heavy atom. The average Bonchev–Trinajstić information content (AvgIpc) is 3.27.